The largest absolute Gasteiger partial charge is 0.496 e. The first-order valence-electron chi connectivity index (χ1n) is 8.96. The van der Waals surface area contributed by atoms with Gasteiger partial charge in [-0.3, -0.25) is 4.68 Å². The number of carbonyl (C=O) groups excluding carboxylic acids is 1. The third-order valence-electron chi connectivity index (χ3n) is 5.18. The van der Waals surface area contributed by atoms with Gasteiger partial charge in [-0.05, 0) is 24.5 Å². The molecule has 1 aromatic carbocycles. The molecule has 1 aromatic heterocycles. The fourth-order valence-electron chi connectivity index (χ4n) is 3.84. The Morgan fingerprint density at radius 3 is 3.08 bits per heavy atom. The van der Waals surface area contributed by atoms with Gasteiger partial charge in [0, 0.05) is 44.1 Å². The van der Waals surface area contributed by atoms with E-state index in [9.17, 15) is 4.79 Å². The topological polar surface area (TPSA) is 68.6 Å². The Kier molecular flexibility index (Phi) is 4.55. The quantitative estimate of drug-likeness (QED) is 0.914. The maximum Gasteiger partial charge on any atom is 0.318 e. The smallest absolute Gasteiger partial charge is 0.318 e. The summed E-state index contributed by atoms with van der Waals surface area (Å²) < 4.78 is 13.0. The maximum atomic E-state index is 12.8. The van der Waals surface area contributed by atoms with Crippen molar-refractivity contribution in [1.82, 2.24) is 20.0 Å². The fourth-order valence-corrected chi connectivity index (χ4v) is 3.84. The molecule has 3 heterocycles. The summed E-state index contributed by atoms with van der Waals surface area (Å²) in [5, 5.41) is 7.37. The van der Waals surface area contributed by atoms with Crippen molar-refractivity contribution < 1.29 is 14.3 Å². The number of hydrogen-bond acceptors (Lipinski definition) is 4. The first-order chi connectivity index (χ1) is 12.7. The fraction of sp³-hybridized carbons (Fsp3) is 0.474. The number of rotatable bonds is 3. The Morgan fingerprint density at radius 1 is 1.42 bits per heavy atom. The van der Waals surface area contributed by atoms with E-state index in [-0.39, 0.29) is 18.2 Å². The zero-order valence-corrected chi connectivity index (χ0v) is 15.1. The Balaban J connectivity index is 1.43. The lowest BCUT2D eigenvalue weighted by Gasteiger charge is -2.31. The van der Waals surface area contributed by atoms with Gasteiger partial charge in [0.25, 0.3) is 0 Å². The molecule has 7 nitrogen and oxygen atoms in total. The molecule has 0 bridgehead atoms. The minimum absolute atomic E-state index is 0.0293. The second-order valence-corrected chi connectivity index (χ2v) is 6.85. The predicted molar refractivity (Wildman–Crippen MR) is 95.9 cm³/mol. The standard InChI is InChI=1S/C19H24N4O3/c1-22-11-14(10-20-22)18-16(7-9-26-18)21-19(24)23-8-6-15-13(12-23)4-3-5-17(15)25-2/h3-5,10-11,16,18H,6-9,12H2,1-2H3,(H,21,24)/t16-,18+/m1/s1. The van der Waals surface area contributed by atoms with Gasteiger partial charge in [0.2, 0.25) is 0 Å². The number of benzene rings is 1. The maximum absolute atomic E-state index is 12.8. The number of hydrogen-bond donors (Lipinski definition) is 1. The average molecular weight is 356 g/mol. The molecule has 0 saturated carbocycles. The summed E-state index contributed by atoms with van der Waals surface area (Å²) in [5.41, 5.74) is 3.36. The van der Waals surface area contributed by atoms with Gasteiger partial charge in [0.15, 0.2) is 0 Å². The van der Waals surface area contributed by atoms with E-state index in [4.69, 9.17) is 9.47 Å². The van der Waals surface area contributed by atoms with Crippen molar-refractivity contribution in [3.63, 3.8) is 0 Å². The molecule has 138 valence electrons. The number of methoxy groups -OCH3 is 1. The average Bonchev–Trinajstić information content (AvgIpc) is 3.29. The highest BCUT2D eigenvalue weighted by Gasteiger charge is 2.33. The SMILES string of the molecule is COc1cccc2c1CCN(C(=O)N[C@@H]1CCO[C@H]1c1cnn(C)c1)C2. The summed E-state index contributed by atoms with van der Waals surface area (Å²) in [6, 6.07) is 5.95. The number of nitrogens with one attached hydrogen (secondary N) is 1. The number of aromatic nitrogens is 2. The molecule has 2 aliphatic rings. The van der Waals surface area contributed by atoms with Gasteiger partial charge in [-0.25, -0.2) is 4.79 Å². The predicted octanol–water partition coefficient (Wildman–Crippen LogP) is 2.03. The van der Waals surface area contributed by atoms with Crippen LogP contribution >= 0.6 is 0 Å². The van der Waals surface area contributed by atoms with Gasteiger partial charge in [0.05, 0.1) is 19.3 Å². The molecule has 2 amide bonds. The van der Waals surface area contributed by atoms with E-state index in [0.717, 1.165) is 29.7 Å². The Hall–Kier alpha value is -2.54. The van der Waals surface area contributed by atoms with E-state index in [1.165, 1.54) is 5.56 Å². The third-order valence-corrected chi connectivity index (χ3v) is 5.18. The molecule has 0 aliphatic carbocycles. The first-order valence-corrected chi connectivity index (χ1v) is 8.96. The van der Waals surface area contributed by atoms with Crippen LogP contribution in [0.1, 0.15) is 29.2 Å². The van der Waals surface area contributed by atoms with Crippen molar-refractivity contribution in [2.24, 2.45) is 7.05 Å². The normalized spacial score (nSPS) is 22.2. The van der Waals surface area contributed by atoms with Crippen LogP contribution < -0.4 is 10.1 Å². The van der Waals surface area contributed by atoms with Gasteiger partial charge in [-0.15, -0.1) is 0 Å². The lowest BCUT2D eigenvalue weighted by atomic mass is 9.99. The van der Waals surface area contributed by atoms with Crippen LogP contribution in [0, 0.1) is 0 Å². The molecule has 0 radical (unpaired) electrons. The van der Waals surface area contributed by atoms with E-state index in [1.54, 1.807) is 18.0 Å². The van der Waals surface area contributed by atoms with Gasteiger partial charge in [0.1, 0.15) is 11.9 Å². The molecule has 1 fully saturated rings. The third kappa shape index (κ3) is 3.14. The second-order valence-electron chi connectivity index (χ2n) is 6.85. The summed E-state index contributed by atoms with van der Waals surface area (Å²) in [4.78, 5) is 14.7. The number of urea groups is 1. The summed E-state index contributed by atoms with van der Waals surface area (Å²) in [6.45, 7) is 1.93. The molecule has 0 unspecified atom stereocenters. The number of aryl methyl sites for hydroxylation is 1. The van der Waals surface area contributed by atoms with Crippen molar-refractivity contribution in [3.05, 3.63) is 47.3 Å². The summed E-state index contributed by atoms with van der Waals surface area (Å²) >= 11 is 0. The van der Waals surface area contributed by atoms with Crippen LogP contribution in [0.4, 0.5) is 4.79 Å². The molecule has 2 aliphatic heterocycles. The van der Waals surface area contributed by atoms with E-state index >= 15 is 0 Å². The summed E-state index contributed by atoms with van der Waals surface area (Å²) in [7, 11) is 3.57. The lowest BCUT2D eigenvalue weighted by Crippen LogP contribution is -2.47. The Labute approximate surface area is 152 Å². The van der Waals surface area contributed by atoms with Crippen molar-refractivity contribution in [3.8, 4) is 5.75 Å². The zero-order chi connectivity index (χ0) is 18.1. The number of nitrogens with zero attached hydrogens (tertiary/aromatic N) is 3. The molecular weight excluding hydrogens is 332 g/mol. The van der Waals surface area contributed by atoms with Crippen LogP contribution in [0.5, 0.6) is 5.75 Å². The minimum Gasteiger partial charge on any atom is -0.496 e. The van der Waals surface area contributed by atoms with Crippen LogP contribution in [0.2, 0.25) is 0 Å². The minimum atomic E-state index is -0.134. The lowest BCUT2D eigenvalue weighted by molar-refractivity contribution is 0.0976. The molecule has 4 rings (SSSR count). The molecule has 1 N–H and O–H groups in total. The van der Waals surface area contributed by atoms with Crippen LogP contribution in [0.15, 0.2) is 30.6 Å². The molecule has 7 heteroatoms. The molecule has 1 saturated heterocycles. The van der Waals surface area contributed by atoms with Crippen molar-refractivity contribution >= 4 is 6.03 Å². The van der Waals surface area contributed by atoms with Gasteiger partial charge in [-0.2, -0.15) is 5.10 Å². The molecule has 26 heavy (non-hydrogen) atoms. The Bertz CT molecular complexity index is 804. The second kappa shape index (κ2) is 6.99. The highest BCUT2D eigenvalue weighted by molar-refractivity contribution is 5.75. The van der Waals surface area contributed by atoms with E-state index in [0.29, 0.717) is 19.7 Å². The zero-order valence-electron chi connectivity index (χ0n) is 15.1. The highest BCUT2D eigenvalue weighted by Crippen LogP contribution is 2.30. The van der Waals surface area contributed by atoms with Crippen LogP contribution in [-0.4, -0.2) is 47.0 Å². The van der Waals surface area contributed by atoms with E-state index in [1.807, 2.05) is 30.3 Å². The monoisotopic (exact) mass is 356 g/mol. The molecule has 0 spiro atoms. The van der Waals surface area contributed by atoms with Crippen LogP contribution in [0.3, 0.4) is 0 Å². The van der Waals surface area contributed by atoms with Crippen LogP contribution in [-0.2, 0) is 24.8 Å². The van der Waals surface area contributed by atoms with Gasteiger partial charge < -0.3 is 19.7 Å². The van der Waals surface area contributed by atoms with E-state index in [2.05, 4.69) is 16.5 Å². The molecular formula is C19H24N4O3. The van der Waals surface area contributed by atoms with Gasteiger partial charge in [-0.1, -0.05) is 12.1 Å². The van der Waals surface area contributed by atoms with Crippen molar-refractivity contribution in [1.29, 1.82) is 0 Å². The highest BCUT2D eigenvalue weighted by atomic mass is 16.5. The number of carbonyl (C=O) groups is 1. The number of amides is 2. The summed E-state index contributed by atoms with van der Waals surface area (Å²) in [6.07, 6.45) is 5.23. The van der Waals surface area contributed by atoms with E-state index < -0.39 is 0 Å². The molecule has 2 atom stereocenters. The number of fused-ring (bicyclic) bond motifs is 1. The first kappa shape index (κ1) is 16.9. The summed E-state index contributed by atoms with van der Waals surface area (Å²) in [5.74, 6) is 0.906. The molecule has 2 aromatic rings. The van der Waals surface area contributed by atoms with Gasteiger partial charge >= 0.3 is 6.03 Å². The Morgan fingerprint density at radius 2 is 2.31 bits per heavy atom. The van der Waals surface area contributed by atoms with Crippen LogP contribution in [0.25, 0.3) is 0 Å². The van der Waals surface area contributed by atoms with Crippen molar-refractivity contribution in [2.45, 2.75) is 31.5 Å². The number of ether oxygens (including phenoxy) is 2. The van der Waals surface area contributed by atoms with Crippen molar-refractivity contribution in [2.75, 3.05) is 20.3 Å².